The lowest BCUT2D eigenvalue weighted by Gasteiger charge is -2.30. The van der Waals surface area contributed by atoms with Crippen LogP contribution in [0.25, 0.3) is 0 Å². The molecular weight excluding hydrogens is 254 g/mol. The molecule has 2 rings (SSSR count). The van der Waals surface area contributed by atoms with Gasteiger partial charge in [0.15, 0.2) is 0 Å². The van der Waals surface area contributed by atoms with Crippen LogP contribution in [-0.2, 0) is 9.53 Å². The summed E-state index contributed by atoms with van der Waals surface area (Å²) in [7, 11) is 1.70. The van der Waals surface area contributed by atoms with Crippen molar-refractivity contribution in [3.05, 3.63) is 0 Å². The van der Waals surface area contributed by atoms with Crippen LogP contribution in [-0.4, -0.2) is 37.4 Å². The van der Waals surface area contributed by atoms with Gasteiger partial charge in [0.1, 0.15) is 0 Å². The molecule has 20 heavy (non-hydrogen) atoms. The highest BCUT2D eigenvalue weighted by Gasteiger charge is 2.40. The van der Waals surface area contributed by atoms with Crippen LogP contribution in [0.3, 0.4) is 0 Å². The molecule has 2 unspecified atom stereocenters. The molecule has 1 amide bonds. The summed E-state index contributed by atoms with van der Waals surface area (Å²) in [5.41, 5.74) is -0.191. The van der Waals surface area contributed by atoms with E-state index in [2.05, 4.69) is 5.32 Å². The van der Waals surface area contributed by atoms with Gasteiger partial charge >= 0.3 is 0 Å². The first-order valence-corrected chi connectivity index (χ1v) is 8.11. The van der Waals surface area contributed by atoms with E-state index in [1.54, 1.807) is 7.11 Å². The van der Waals surface area contributed by atoms with Crippen molar-refractivity contribution in [3.8, 4) is 0 Å². The Morgan fingerprint density at radius 2 is 2.05 bits per heavy atom. The summed E-state index contributed by atoms with van der Waals surface area (Å²) in [5.74, 6) is 0.663. The van der Waals surface area contributed by atoms with Crippen LogP contribution in [0.5, 0.6) is 0 Å². The Bertz CT molecular complexity index is 313. The fourth-order valence-electron chi connectivity index (χ4n) is 3.81. The third kappa shape index (κ3) is 3.95. The number of ether oxygens (including phenoxy) is 1. The van der Waals surface area contributed by atoms with Gasteiger partial charge in [0.25, 0.3) is 0 Å². The second-order valence-corrected chi connectivity index (χ2v) is 6.63. The molecule has 0 radical (unpaired) electrons. The van der Waals surface area contributed by atoms with Crippen LogP contribution in [0.15, 0.2) is 0 Å². The normalized spacial score (nSPS) is 29.3. The Kier molecular flexibility index (Phi) is 5.85. The summed E-state index contributed by atoms with van der Waals surface area (Å²) in [6.07, 6.45) is 8.93. The van der Waals surface area contributed by atoms with Crippen molar-refractivity contribution in [1.29, 1.82) is 0 Å². The van der Waals surface area contributed by atoms with Gasteiger partial charge in [-0.25, -0.2) is 0 Å². The molecule has 0 aromatic rings. The molecule has 0 aromatic carbocycles. The van der Waals surface area contributed by atoms with Gasteiger partial charge in [-0.15, -0.1) is 0 Å². The van der Waals surface area contributed by atoms with E-state index in [0.29, 0.717) is 12.5 Å². The first kappa shape index (κ1) is 15.8. The van der Waals surface area contributed by atoms with E-state index >= 15 is 0 Å². The summed E-state index contributed by atoms with van der Waals surface area (Å²) >= 11 is 0. The Labute approximate surface area is 122 Å². The molecular formula is C16H29NO3. The van der Waals surface area contributed by atoms with Gasteiger partial charge in [0.05, 0.1) is 11.5 Å². The zero-order valence-electron chi connectivity index (χ0n) is 12.7. The second kappa shape index (κ2) is 7.41. The summed E-state index contributed by atoms with van der Waals surface area (Å²) < 4.78 is 5.17. The van der Waals surface area contributed by atoms with Gasteiger partial charge in [-0.2, -0.15) is 0 Å². The lowest BCUT2D eigenvalue weighted by atomic mass is 9.81. The molecule has 0 aliphatic heterocycles. The van der Waals surface area contributed by atoms with Crippen molar-refractivity contribution in [2.24, 2.45) is 11.3 Å². The summed E-state index contributed by atoms with van der Waals surface area (Å²) in [4.78, 5) is 12.6. The Balaban J connectivity index is 1.82. The molecule has 4 heteroatoms. The highest BCUT2D eigenvalue weighted by Crippen LogP contribution is 2.41. The topological polar surface area (TPSA) is 58.6 Å². The summed E-state index contributed by atoms with van der Waals surface area (Å²) in [5, 5.41) is 12.9. The van der Waals surface area contributed by atoms with E-state index in [1.807, 2.05) is 0 Å². The van der Waals surface area contributed by atoms with E-state index < -0.39 is 0 Å². The third-order valence-corrected chi connectivity index (χ3v) is 5.13. The minimum atomic E-state index is -0.191. The van der Waals surface area contributed by atoms with Gasteiger partial charge in [-0.1, -0.05) is 19.3 Å². The number of nitrogens with one attached hydrogen (secondary N) is 1. The van der Waals surface area contributed by atoms with E-state index in [9.17, 15) is 9.90 Å². The number of rotatable bonds is 6. The number of aliphatic hydroxyl groups is 1. The quantitative estimate of drug-likeness (QED) is 0.786. The van der Waals surface area contributed by atoms with E-state index in [1.165, 1.54) is 0 Å². The van der Waals surface area contributed by atoms with Crippen LogP contribution < -0.4 is 5.32 Å². The number of amides is 1. The lowest BCUT2D eigenvalue weighted by molar-refractivity contribution is -0.132. The van der Waals surface area contributed by atoms with E-state index in [-0.39, 0.29) is 17.4 Å². The molecule has 0 aromatic heterocycles. The zero-order valence-corrected chi connectivity index (χ0v) is 12.7. The lowest BCUT2D eigenvalue weighted by Crippen LogP contribution is -2.42. The monoisotopic (exact) mass is 283 g/mol. The SMILES string of the molecule is COCCC1(C(=O)NCC2CCCC(O)C2)CCCC1. The van der Waals surface area contributed by atoms with Crippen molar-refractivity contribution in [3.63, 3.8) is 0 Å². The molecule has 2 atom stereocenters. The molecule has 0 saturated heterocycles. The standard InChI is InChI=1S/C16H29NO3/c1-20-10-9-16(7-2-3-8-16)15(19)17-12-13-5-4-6-14(18)11-13/h13-14,18H,2-12H2,1H3,(H,17,19). The summed E-state index contributed by atoms with van der Waals surface area (Å²) in [6, 6.07) is 0. The smallest absolute Gasteiger partial charge is 0.226 e. The maximum Gasteiger partial charge on any atom is 0.226 e. The number of methoxy groups -OCH3 is 1. The number of aliphatic hydroxyl groups excluding tert-OH is 1. The Morgan fingerprint density at radius 3 is 2.70 bits per heavy atom. The number of carbonyl (C=O) groups excluding carboxylic acids is 1. The largest absolute Gasteiger partial charge is 0.393 e. The van der Waals surface area contributed by atoms with Crippen molar-refractivity contribution >= 4 is 5.91 Å². The number of carbonyl (C=O) groups is 1. The zero-order chi connectivity index (χ0) is 14.4. The minimum absolute atomic E-state index is 0.167. The van der Waals surface area contributed by atoms with Crippen LogP contribution >= 0.6 is 0 Å². The predicted molar refractivity (Wildman–Crippen MR) is 78.4 cm³/mol. The molecule has 2 N–H and O–H groups in total. The molecule has 4 nitrogen and oxygen atoms in total. The molecule has 2 fully saturated rings. The molecule has 0 bridgehead atoms. The first-order valence-electron chi connectivity index (χ1n) is 8.11. The van der Waals surface area contributed by atoms with E-state index in [4.69, 9.17) is 4.74 Å². The fraction of sp³-hybridized carbons (Fsp3) is 0.938. The maximum atomic E-state index is 12.6. The second-order valence-electron chi connectivity index (χ2n) is 6.63. The molecule has 2 aliphatic carbocycles. The van der Waals surface area contributed by atoms with Gasteiger partial charge in [-0.3, -0.25) is 4.79 Å². The third-order valence-electron chi connectivity index (χ3n) is 5.13. The Hall–Kier alpha value is -0.610. The van der Waals surface area contributed by atoms with Gasteiger partial charge in [0, 0.05) is 20.3 Å². The first-order chi connectivity index (χ1) is 9.66. The maximum absolute atomic E-state index is 12.6. The van der Waals surface area contributed by atoms with Gasteiger partial charge in [-0.05, 0) is 44.4 Å². The summed E-state index contributed by atoms with van der Waals surface area (Å²) in [6.45, 7) is 1.39. The Morgan fingerprint density at radius 1 is 1.30 bits per heavy atom. The number of hydrogen-bond donors (Lipinski definition) is 2. The highest BCUT2D eigenvalue weighted by atomic mass is 16.5. The molecule has 2 saturated carbocycles. The van der Waals surface area contributed by atoms with Crippen LogP contribution in [0.2, 0.25) is 0 Å². The van der Waals surface area contributed by atoms with Gasteiger partial charge in [0.2, 0.25) is 5.91 Å². The predicted octanol–water partition coefficient (Wildman–Crippen LogP) is 2.25. The van der Waals surface area contributed by atoms with Crippen molar-refractivity contribution in [1.82, 2.24) is 5.32 Å². The van der Waals surface area contributed by atoms with Crippen molar-refractivity contribution in [2.45, 2.75) is 63.9 Å². The molecule has 2 aliphatic rings. The average molecular weight is 283 g/mol. The molecule has 0 heterocycles. The van der Waals surface area contributed by atoms with E-state index in [0.717, 1.165) is 64.3 Å². The fourth-order valence-corrected chi connectivity index (χ4v) is 3.81. The van der Waals surface area contributed by atoms with Crippen molar-refractivity contribution < 1.29 is 14.6 Å². The van der Waals surface area contributed by atoms with Gasteiger partial charge < -0.3 is 15.2 Å². The molecule has 116 valence electrons. The van der Waals surface area contributed by atoms with Crippen LogP contribution in [0, 0.1) is 11.3 Å². The highest BCUT2D eigenvalue weighted by molar-refractivity contribution is 5.82. The van der Waals surface area contributed by atoms with Crippen molar-refractivity contribution in [2.75, 3.05) is 20.3 Å². The molecule has 0 spiro atoms. The average Bonchev–Trinajstić information content (AvgIpc) is 2.93. The minimum Gasteiger partial charge on any atom is -0.393 e. The number of hydrogen-bond acceptors (Lipinski definition) is 3. The van der Waals surface area contributed by atoms with Crippen LogP contribution in [0.4, 0.5) is 0 Å². The van der Waals surface area contributed by atoms with Crippen LogP contribution in [0.1, 0.15) is 57.8 Å².